The molecule has 3 N–H and O–H groups in total. The quantitative estimate of drug-likeness (QED) is 0.237. The van der Waals surface area contributed by atoms with Gasteiger partial charge in [0.25, 0.3) is 0 Å². The molecule has 0 aliphatic heterocycles. The van der Waals surface area contributed by atoms with Crippen molar-refractivity contribution in [2.24, 2.45) is 10.7 Å². The van der Waals surface area contributed by atoms with Crippen LogP contribution in [0.4, 0.5) is 5.69 Å². The minimum atomic E-state index is -0.118. The Morgan fingerprint density at radius 1 is 1.30 bits per heavy atom. The van der Waals surface area contributed by atoms with Gasteiger partial charge in [0.1, 0.15) is 6.10 Å². The second-order valence-electron chi connectivity index (χ2n) is 5.76. The largest absolute Gasteiger partial charge is 0.462 e. The van der Waals surface area contributed by atoms with Crippen LogP contribution in [0, 0.1) is 6.92 Å². The van der Waals surface area contributed by atoms with E-state index in [9.17, 15) is 4.79 Å². The predicted octanol–water partition coefficient (Wildman–Crippen LogP) is 3.61. The van der Waals surface area contributed by atoms with Crippen LogP contribution < -0.4 is 11.1 Å². The first-order valence-corrected chi connectivity index (χ1v) is 7.96. The summed E-state index contributed by atoms with van der Waals surface area (Å²) in [4.78, 5) is 15.9. The molecule has 0 aromatic heterocycles. The van der Waals surface area contributed by atoms with Crippen molar-refractivity contribution in [2.75, 3.05) is 11.9 Å². The molecule has 0 heterocycles. The molecule has 0 saturated heterocycles. The number of aliphatic imine (C=N–C) groups is 1. The summed E-state index contributed by atoms with van der Waals surface area (Å²) in [6.45, 7) is 2.55. The molecule has 1 aromatic rings. The summed E-state index contributed by atoms with van der Waals surface area (Å²) in [6.07, 6.45) is 5.56. The molecule has 0 unspecified atom stereocenters. The zero-order valence-electron chi connectivity index (χ0n) is 13.6. The van der Waals surface area contributed by atoms with Crippen LogP contribution in [0.25, 0.3) is 0 Å². The molecule has 0 spiro atoms. The maximum absolute atomic E-state index is 11.6. The molecule has 0 atom stereocenters. The summed E-state index contributed by atoms with van der Waals surface area (Å²) in [5, 5.41) is 3.03. The summed E-state index contributed by atoms with van der Waals surface area (Å²) in [6, 6.07) is 7.93. The van der Waals surface area contributed by atoms with E-state index < -0.39 is 0 Å². The van der Waals surface area contributed by atoms with Crippen molar-refractivity contribution in [3.05, 3.63) is 29.8 Å². The first-order valence-electron chi connectivity index (χ1n) is 7.96. The van der Waals surface area contributed by atoms with E-state index in [0.717, 1.165) is 18.5 Å². The van der Waals surface area contributed by atoms with Crippen LogP contribution in [0.1, 0.15) is 44.1 Å². The Kier molecular flexibility index (Phi) is 8.98. The maximum atomic E-state index is 11.6. The second kappa shape index (κ2) is 10.5. The lowest BCUT2D eigenvalue weighted by Gasteiger charge is -2.10. The van der Waals surface area contributed by atoms with E-state index in [1.54, 1.807) is 0 Å². The van der Waals surface area contributed by atoms with Gasteiger partial charge in [-0.05, 0) is 51.2 Å². The fraction of sp³-hybridized carbons (Fsp3) is 0.529. The molecule has 1 aliphatic rings. The molecule has 0 radical (unpaired) electrons. The number of hydrogen-bond acceptors (Lipinski definition) is 3. The zero-order valence-corrected chi connectivity index (χ0v) is 15.9. The fourth-order valence-corrected chi connectivity index (χ4v) is 2.50. The Morgan fingerprint density at radius 3 is 2.61 bits per heavy atom. The number of hydrogen-bond donors (Lipinski definition) is 2. The van der Waals surface area contributed by atoms with E-state index >= 15 is 0 Å². The standard InChI is InChI=1S/C17H25N3O2.HI/c1-13-8-10-14(11-9-13)20-17(18)19-12-4-7-16(21)22-15-5-2-3-6-15;/h8-11,15H,2-7,12H2,1H3,(H3,18,19,20);1H. The summed E-state index contributed by atoms with van der Waals surface area (Å²) >= 11 is 0. The van der Waals surface area contributed by atoms with Gasteiger partial charge in [-0.15, -0.1) is 24.0 Å². The van der Waals surface area contributed by atoms with Gasteiger partial charge in [0.2, 0.25) is 0 Å². The number of guanidine groups is 1. The number of esters is 1. The number of carbonyl (C=O) groups excluding carboxylic acids is 1. The van der Waals surface area contributed by atoms with Crippen molar-refractivity contribution in [3.8, 4) is 0 Å². The number of nitrogens with two attached hydrogens (primary N) is 1. The summed E-state index contributed by atoms with van der Waals surface area (Å²) in [5.74, 6) is 0.250. The van der Waals surface area contributed by atoms with E-state index in [-0.39, 0.29) is 36.0 Å². The molecule has 1 aromatic carbocycles. The zero-order chi connectivity index (χ0) is 15.8. The lowest BCUT2D eigenvalue weighted by molar-refractivity contribution is -0.148. The fourth-order valence-electron chi connectivity index (χ4n) is 2.50. The Morgan fingerprint density at radius 2 is 1.96 bits per heavy atom. The molecule has 2 rings (SSSR count). The topological polar surface area (TPSA) is 76.7 Å². The molecule has 0 bridgehead atoms. The van der Waals surface area contributed by atoms with Crippen LogP contribution >= 0.6 is 24.0 Å². The van der Waals surface area contributed by atoms with Crippen LogP contribution in [-0.2, 0) is 9.53 Å². The van der Waals surface area contributed by atoms with E-state index in [1.165, 1.54) is 18.4 Å². The third kappa shape index (κ3) is 7.67. The molecule has 6 heteroatoms. The smallest absolute Gasteiger partial charge is 0.306 e. The Hall–Kier alpha value is -1.31. The highest BCUT2D eigenvalue weighted by atomic mass is 127. The number of halogens is 1. The van der Waals surface area contributed by atoms with Crippen molar-refractivity contribution in [3.63, 3.8) is 0 Å². The summed E-state index contributed by atoms with van der Waals surface area (Å²) in [5.41, 5.74) is 7.92. The van der Waals surface area contributed by atoms with Crippen molar-refractivity contribution in [1.29, 1.82) is 0 Å². The molecule has 0 amide bonds. The monoisotopic (exact) mass is 431 g/mol. The van der Waals surface area contributed by atoms with Gasteiger partial charge < -0.3 is 15.8 Å². The first-order chi connectivity index (χ1) is 10.6. The third-order valence-corrected chi connectivity index (χ3v) is 3.75. The number of carbonyl (C=O) groups is 1. The third-order valence-electron chi connectivity index (χ3n) is 3.75. The SMILES string of the molecule is Cc1ccc(NC(N)=NCCCC(=O)OC2CCCC2)cc1.I. The van der Waals surface area contributed by atoms with Crippen LogP contribution in [0.3, 0.4) is 0 Å². The number of aryl methyl sites for hydroxylation is 1. The lowest BCUT2D eigenvalue weighted by atomic mass is 10.2. The number of benzene rings is 1. The highest BCUT2D eigenvalue weighted by Gasteiger charge is 2.18. The average Bonchev–Trinajstić information content (AvgIpc) is 2.99. The van der Waals surface area contributed by atoms with Crippen LogP contribution in [0.2, 0.25) is 0 Å². The number of rotatable bonds is 6. The Bertz CT molecular complexity index is 511. The number of ether oxygens (including phenoxy) is 1. The van der Waals surface area contributed by atoms with E-state index in [2.05, 4.69) is 10.3 Å². The average molecular weight is 431 g/mol. The van der Waals surface area contributed by atoms with Crippen molar-refractivity contribution in [2.45, 2.75) is 51.6 Å². The Labute approximate surface area is 155 Å². The van der Waals surface area contributed by atoms with E-state index in [4.69, 9.17) is 10.5 Å². The molecule has 128 valence electrons. The number of nitrogens with zero attached hydrogens (tertiary/aromatic N) is 1. The molecule has 23 heavy (non-hydrogen) atoms. The van der Waals surface area contributed by atoms with Gasteiger partial charge in [-0.2, -0.15) is 0 Å². The minimum Gasteiger partial charge on any atom is -0.462 e. The van der Waals surface area contributed by atoms with Crippen molar-refractivity contribution < 1.29 is 9.53 Å². The predicted molar refractivity (Wildman–Crippen MR) is 104 cm³/mol. The van der Waals surface area contributed by atoms with Crippen LogP contribution in [-0.4, -0.2) is 24.6 Å². The lowest BCUT2D eigenvalue weighted by Crippen LogP contribution is -2.23. The van der Waals surface area contributed by atoms with Crippen LogP contribution in [0.15, 0.2) is 29.3 Å². The van der Waals surface area contributed by atoms with Crippen molar-refractivity contribution in [1.82, 2.24) is 0 Å². The van der Waals surface area contributed by atoms with Gasteiger partial charge in [0.05, 0.1) is 0 Å². The minimum absolute atomic E-state index is 0. The molecule has 1 fully saturated rings. The maximum Gasteiger partial charge on any atom is 0.306 e. The van der Waals surface area contributed by atoms with E-state index in [1.807, 2.05) is 31.2 Å². The van der Waals surface area contributed by atoms with Gasteiger partial charge in [-0.25, -0.2) is 0 Å². The number of nitrogens with one attached hydrogen (secondary N) is 1. The molecule has 1 aliphatic carbocycles. The number of anilines is 1. The van der Waals surface area contributed by atoms with Gasteiger partial charge in [-0.1, -0.05) is 17.7 Å². The van der Waals surface area contributed by atoms with E-state index in [0.29, 0.717) is 25.3 Å². The summed E-state index contributed by atoms with van der Waals surface area (Å²) in [7, 11) is 0. The van der Waals surface area contributed by atoms with Crippen molar-refractivity contribution >= 4 is 41.6 Å². The molecule has 5 nitrogen and oxygen atoms in total. The van der Waals surface area contributed by atoms with Gasteiger partial charge in [0.15, 0.2) is 5.96 Å². The van der Waals surface area contributed by atoms with Gasteiger partial charge in [-0.3, -0.25) is 9.79 Å². The highest BCUT2D eigenvalue weighted by Crippen LogP contribution is 2.21. The second-order valence-corrected chi connectivity index (χ2v) is 5.76. The highest BCUT2D eigenvalue weighted by molar-refractivity contribution is 14.0. The van der Waals surface area contributed by atoms with Gasteiger partial charge in [0, 0.05) is 18.7 Å². The Balaban J connectivity index is 0.00000264. The van der Waals surface area contributed by atoms with Crippen LogP contribution in [0.5, 0.6) is 0 Å². The summed E-state index contributed by atoms with van der Waals surface area (Å²) < 4.78 is 5.39. The first kappa shape index (κ1) is 19.7. The molecule has 1 saturated carbocycles. The molecular weight excluding hydrogens is 405 g/mol. The molecular formula is C17H26IN3O2. The normalized spacial score (nSPS) is 15.1. The van der Waals surface area contributed by atoms with Gasteiger partial charge >= 0.3 is 5.97 Å².